The first-order valence-corrected chi connectivity index (χ1v) is 6.02. The standard InChI is InChI=1S/C12H25N3/c1-4-15(9-10-5-6-10)8-7-12(2,3)11(13)14/h10H,4-9H2,1-3H3,(H3,13,14). The van der Waals surface area contributed by atoms with Crippen LogP contribution < -0.4 is 5.73 Å². The quantitative estimate of drug-likeness (QED) is 0.500. The predicted octanol–water partition coefficient (Wildman–Crippen LogP) is 2.07. The van der Waals surface area contributed by atoms with Gasteiger partial charge in [-0.25, -0.2) is 0 Å². The molecule has 3 nitrogen and oxygen atoms in total. The first-order chi connectivity index (χ1) is 6.95. The zero-order chi connectivity index (χ0) is 11.5. The van der Waals surface area contributed by atoms with E-state index >= 15 is 0 Å². The van der Waals surface area contributed by atoms with Crippen LogP contribution in [0.2, 0.25) is 0 Å². The molecule has 0 spiro atoms. The van der Waals surface area contributed by atoms with Crippen LogP contribution in [-0.2, 0) is 0 Å². The number of hydrogen-bond acceptors (Lipinski definition) is 2. The largest absolute Gasteiger partial charge is 0.387 e. The second-order valence-electron chi connectivity index (χ2n) is 5.38. The third kappa shape index (κ3) is 4.20. The van der Waals surface area contributed by atoms with E-state index in [0.717, 1.165) is 25.4 Å². The zero-order valence-electron chi connectivity index (χ0n) is 10.3. The molecule has 88 valence electrons. The Morgan fingerprint density at radius 3 is 2.47 bits per heavy atom. The van der Waals surface area contributed by atoms with E-state index < -0.39 is 0 Å². The molecule has 0 aromatic rings. The molecule has 3 heteroatoms. The average Bonchev–Trinajstić information content (AvgIpc) is 2.95. The molecule has 1 rings (SSSR count). The first kappa shape index (κ1) is 12.5. The second-order valence-corrected chi connectivity index (χ2v) is 5.38. The fourth-order valence-electron chi connectivity index (χ4n) is 1.62. The number of amidine groups is 1. The highest BCUT2D eigenvalue weighted by molar-refractivity contribution is 5.82. The predicted molar refractivity (Wildman–Crippen MR) is 65.2 cm³/mol. The Labute approximate surface area is 93.5 Å². The van der Waals surface area contributed by atoms with Crippen molar-refractivity contribution in [3.05, 3.63) is 0 Å². The minimum Gasteiger partial charge on any atom is -0.387 e. The molecule has 15 heavy (non-hydrogen) atoms. The van der Waals surface area contributed by atoms with Crippen molar-refractivity contribution in [3.63, 3.8) is 0 Å². The monoisotopic (exact) mass is 211 g/mol. The van der Waals surface area contributed by atoms with Crippen molar-refractivity contribution in [1.29, 1.82) is 5.41 Å². The van der Waals surface area contributed by atoms with Crippen molar-refractivity contribution in [3.8, 4) is 0 Å². The van der Waals surface area contributed by atoms with E-state index in [1.165, 1.54) is 19.4 Å². The van der Waals surface area contributed by atoms with E-state index in [1.807, 2.05) is 0 Å². The van der Waals surface area contributed by atoms with Crippen LogP contribution in [0.3, 0.4) is 0 Å². The Morgan fingerprint density at radius 1 is 1.47 bits per heavy atom. The molecule has 0 saturated heterocycles. The van der Waals surface area contributed by atoms with Gasteiger partial charge in [0.25, 0.3) is 0 Å². The van der Waals surface area contributed by atoms with Crippen molar-refractivity contribution in [2.75, 3.05) is 19.6 Å². The smallest absolute Gasteiger partial charge is 0.0963 e. The van der Waals surface area contributed by atoms with E-state index in [-0.39, 0.29) is 5.41 Å². The number of hydrogen-bond donors (Lipinski definition) is 2. The van der Waals surface area contributed by atoms with Crippen LogP contribution in [-0.4, -0.2) is 30.4 Å². The van der Waals surface area contributed by atoms with Crippen molar-refractivity contribution >= 4 is 5.84 Å². The first-order valence-electron chi connectivity index (χ1n) is 6.02. The maximum absolute atomic E-state index is 7.51. The fraction of sp³-hybridized carbons (Fsp3) is 0.917. The van der Waals surface area contributed by atoms with Gasteiger partial charge in [0.05, 0.1) is 5.84 Å². The average molecular weight is 211 g/mol. The number of nitrogens with two attached hydrogens (primary N) is 1. The SMILES string of the molecule is CCN(CCC(C)(C)C(=N)N)CC1CC1. The van der Waals surface area contributed by atoms with Gasteiger partial charge in [0.15, 0.2) is 0 Å². The van der Waals surface area contributed by atoms with Crippen LogP contribution >= 0.6 is 0 Å². The number of rotatable bonds is 7. The Morgan fingerprint density at radius 2 is 2.07 bits per heavy atom. The van der Waals surface area contributed by atoms with E-state index in [2.05, 4.69) is 25.7 Å². The summed E-state index contributed by atoms with van der Waals surface area (Å²) in [6.45, 7) is 9.75. The summed E-state index contributed by atoms with van der Waals surface area (Å²) in [6, 6.07) is 0. The van der Waals surface area contributed by atoms with E-state index in [0.29, 0.717) is 5.84 Å². The third-order valence-electron chi connectivity index (χ3n) is 3.44. The molecule has 0 aliphatic heterocycles. The van der Waals surface area contributed by atoms with Gasteiger partial charge >= 0.3 is 0 Å². The molecule has 0 heterocycles. The Hall–Kier alpha value is -0.570. The lowest BCUT2D eigenvalue weighted by Crippen LogP contribution is -2.36. The number of nitrogens with zero attached hydrogens (tertiary/aromatic N) is 1. The minimum atomic E-state index is -0.142. The highest BCUT2D eigenvalue weighted by atomic mass is 15.1. The molecule has 1 aliphatic carbocycles. The van der Waals surface area contributed by atoms with Gasteiger partial charge in [0.1, 0.15) is 0 Å². The van der Waals surface area contributed by atoms with E-state index in [9.17, 15) is 0 Å². The zero-order valence-corrected chi connectivity index (χ0v) is 10.3. The molecule has 0 atom stereocenters. The molecule has 0 amide bonds. The molecule has 1 saturated carbocycles. The van der Waals surface area contributed by atoms with Crippen molar-refractivity contribution in [2.24, 2.45) is 17.1 Å². The maximum atomic E-state index is 7.51. The summed E-state index contributed by atoms with van der Waals surface area (Å²) in [4.78, 5) is 2.49. The Kier molecular flexibility index (Phi) is 4.14. The molecule has 3 N–H and O–H groups in total. The molecule has 0 unspecified atom stereocenters. The fourth-order valence-corrected chi connectivity index (χ4v) is 1.62. The summed E-state index contributed by atoms with van der Waals surface area (Å²) in [6.07, 6.45) is 3.81. The summed E-state index contributed by atoms with van der Waals surface area (Å²) < 4.78 is 0. The highest BCUT2D eigenvalue weighted by Gasteiger charge is 2.26. The van der Waals surface area contributed by atoms with Gasteiger partial charge in [-0.1, -0.05) is 20.8 Å². The van der Waals surface area contributed by atoms with Crippen LogP contribution in [0.15, 0.2) is 0 Å². The highest BCUT2D eigenvalue weighted by Crippen LogP contribution is 2.30. The van der Waals surface area contributed by atoms with Gasteiger partial charge < -0.3 is 10.6 Å². The molecule has 1 aliphatic rings. The molecular weight excluding hydrogens is 186 g/mol. The molecular formula is C12H25N3. The van der Waals surface area contributed by atoms with Crippen LogP contribution in [0.25, 0.3) is 0 Å². The summed E-state index contributed by atoms with van der Waals surface area (Å²) in [7, 11) is 0. The van der Waals surface area contributed by atoms with Crippen molar-refractivity contribution in [2.45, 2.75) is 40.0 Å². The van der Waals surface area contributed by atoms with E-state index in [1.54, 1.807) is 0 Å². The maximum Gasteiger partial charge on any atom is 0.0963 e. The Bertz CT molecular complexity index is 219. The van der Waals surface area contributed by atoms with Gasteiger partial charge in [-0.2, -0.15) is 0 Å². The van der Waals surface area contributed by atoms with Gasteiger partial charge in [-0.05, 0) is 38.3 Å². The second kappa shape index (κ2) is 4.97. The molecule has 0 bridgehead atoms. The summed E-state index contributed by atoms with van der Waals surface area (Å²) in [5.41, 5.74) is 5.43. The van der Waals surface area contributed by atoms with Crippen LogP contribution in [0.5, 0.6) is 0 Å². The third-order valence-corrected chi connectivity index (χ3v) is 3.44. The Balaban J connectivity index is 2.28. The van der Waals surface area contributed by atoms with Crippen molar-refractivity contribution in [1.82, 2.24) is 4.90 Å². The van der Waals surface area contributed by atoms with Gasteiger partial charge in [0.2, 0.25) is 0 Å². The topological polar surface area (TPSA) is 53.1 Å². The summed E-state index contributed by atoms with van der Waals surface area (Å²) in [5, 5.41) is 7.51. The minimum absolute atomic E-state index is 0.142. The lowest BCUT2D eigenvalue weighted by molar-refractivity contribution is 0.247. The van der Waals surface area contributed by atoms with Crippen LogP contribution in [0.1, 0.15) is 40.0 Å². The molecule has 0 aromatic carbocycles. The van der Waals surface area contributed by atoms with Crippen LogP contribution in [0, 0.1) is 16.7 Å². The molecule has 1 fully saturated rings. The summed E-state index contributed by atoms with van der Waals surface area (Å²) in [5.74, 6) is 1.26. The van der Waals surface area contributed by atoms with Gasteiger partial charge in [-0.15, -0.1) is 0 Å². The lowest BCUT2D eigenvalue weighted by atomic mass is 9.88. The normalized spacial score (nSPS) is 17.1. The van der Waals surface area contributed by atoms with Gasteiger partial charge in [-0.3, -0.25) is 5.41 Å². The summed E-state index contributed by atoms with van der Waals surface area (Å²) >= 11 is 0. The molecule has 0 radical (unpaired) electrons. The lowest BCUT2D eigenvalue weighted by Gasteiger charge is -2.27. The molecule has 0 aromatic heterocycles. The number of nitrogens with one attached hydrogen (secondary N) is 1. The van der Waals surface area contributed by atoms with Crippen molar-refractivity contribution < 1.29 is 0 Å². The van der Waals surface area contributed by atoms with Gasteiger partial charge in [0, 0.05) is 12.0 Å². The van der Waals surface area contributed by atoms with Crippen LogP contribution in [0.4, 0.5) is 0 Å². The van der Waals surface area contributed by atoms with E-state index in [4.69, 9.17) is 11.1 Å².